The summed E-state index contributed by atoms with van der Waals surface area (Å²) >= 11 is 0. The zero-order valence-corrected chi connectivity index (χ0v) is 19.1. The summed E-state index contributed by atoms with van der Waals surface area (Å²) in [6.45, 7) is 4.14. The van der Waals surface area contributed by atoms with Gasteiger partial charge in [0.25, 0.3) is 0 Å². The first-order chi connectivity index (χ1) is 16.3. The smallest absolute Gasteiger partial charge is 0.316 e. The summed E-state index contributed by atoms with van der Waals surface area (Å²) in [6.07, 6.45) is 4.57. The second-order valence-electron chi connectivity index (χ2n) is 9.33. The number of hydrogen-bond donors (Lipinski definition) is 0. The molecule has 4 atom stereocenters. The van der Waals surface area contributed by atoms with E-state index in [2.05, 4.69) is 0 Å². The first kappa shape index (κ1) is 22.1. The number of fused-ring (bicyclic) bond motifs is 1. The highest BCUT2D eigenvalue weighted by molar-refractivity contribution is 6.22. The lowest BCUT2D eigenvalue weighted by molar-refractivity contribution is -0.139. The van der Waals surface area contributed by atoms with Crippen molar-refractivity contribution in [1.29, 1.82) is 0 Å². The van der Waals surface area contributed by atoms with E-state index < -0.39 is 11.9 Å². The van der Waals surface area contributed by atoms with Gasteiger partial charge in [0.1, 0.15) is 5.75 Å². The van der Waals surface area contributed by atoms with Crippen molar-refractivity contribution in [3.63, 3.8) is 0 Å². The van der Waals surface area contributed by atoms with Crippen molar-refractivity contribution in [2.24, 2.45) is 23.7 Å². The number of anilines is 2. The van der Waals surface area contributed by atoms with Gasteiger partial charge in [-0.25, -0.2) is 4.90 Å². The highest BCUT2D eigenvalue weighted by Gasteiger charge is 2.50. The van der Waals surface area contributed by atoms with Crippen molar-refractivity contribution in [3.05, 3.63) is 66.2 Å². The average molecular weight is 459 g/mol. The molecule has 2 aromatic rings. The molecule has 0 aromatic heterocycles. The van der Waals surface area contributed by atoms with Crippen LogP contribution in [0.5, 0.6) is 5.75 Å². The fraction of sp³-hybridized carbons (Fsp3) is 0.333. The third kappa shape index (κ3) is 3.81. The van der Waals surface area contributed by atoms with Gasteiger partial charge in [-0.05, 0) is 49.1 Å². The van der Waals surface area contributed by atoms with Crippen molar-refractivity contribution in [1.82, 2.24) is 0 Å². The lowest BCUT2D eigenvalue weighted by Crippen LogP contribution is -2.31. The number of carbonyl (C=O) groups is 4. The van der Waals surface area contributed by atoms with Crippen LogP contribution in [-0.2, 0) is 19.2 Å². The molecule has 2 fully saturated rings. The van der Waals surface area contributed by atoms with Crippen LogP contribution in [0.3, 0.4) is 0 Å². The van der Waals surface area contributed by atoms with Gasteiger partial charge in [-0.2, -0.15) is 0 Å². The molecule has 0 spiro atoms. The fourth-order valence-electron chi connectivity index (χ4n) is 5.20. The molecule has 3 aliphatic rings. The van der Waals surface area contributed by atoms with E-state index in [9.17, 15) is 19.2 Å². The average Bonchev–Trinajstić information content (AvgIpc) is 3.32. The number of nitrogens with zero attached hydrogens (tertiary/aromatic N) is 2. The molecule has 2 saturated heterocycles. The Bertz CT molecular complexity index is 1220. The van der Waals surface area contributed by atoms with Crippen molar-refractivity contribution in [3.8, 4) is 5.75 Å². The van der Waals surface area contributed by atoms with E-state index in [4.69, 9.17) is 4.74 Å². The number of benzene rings is 2. The summed E-state index contributed by atoms with van der Waals surface area (Å²) in [5, 5.41) is 0. The lowest BCUT2D eigenvalue weighted by atomic mass is 9.78. The molecule has 0 bridgehead atoms. The predicted molar refractivity (Wildman–Crippen MR) is 126 cm³/mol. The monoisotopic (exact) mass is 458 g/mol. The number of rotatable bonds is 4. The molecule has 7 heteroatoms. The third-order valence-corrected chi connectivity index (χ3v) is 6.94. The van der Waals surface area contributed by atoms with E-state index in [1.807, 2.05) is 50.3 Å². The molecule has 3 amide bonds. The first-order valence-corrected chi connectivity index (χ1v) is 11.6. The zero-order chi connectivity index (χ0) is 24.0. The van der Waals surface area contributed by atoms with E-state index in [-0.39, 0.29) is 54.2 Å². The molecule has 5 rings (SSSR count). The Morgan fingerprint density at radius 1 is 1.00 bits per heavy atom. The molecular formula is C27H26N2O5. The molecule has 0 saturated carbocycles. The van der Waals surface area contributed by atoms with Gasteiger partial charge in [-0.1, -0.05) is 37.3 Å². The van der Waals surface area contributed by atoms with Gasteiger partial charge in [-0.15, -0.1) is 0 Å². The van der Waals surface area contributed by atoms with Crippen molar-refractivity contribution in [2.45, 2.75) is 26.7 Å². The SMILES string of the molecule is Cc1cccc(N2C[C@@H](C(=O)Oc3cccc(N4C(=O)[C@H]5[C@@H](C)C=CC[C@H]5C4=O)c3)CC2=O)c1. The topological polar surface area (TPSA) is 84.0 Å². The van der Waals surface area contributed by atoms with E-state index in [1.54, 1.807) is 23.1 Å². The quantitative estimate of drug-likeness (QED) is 0.302. The fourth-order valence-corrected chi connectivity index (χ4v) is 5.20. The third-order valence-electron chi connectivity index (χ3n) is 6.94. The van der Waals surface area contributed by atoms with E-state index >= 15 is 0 Å². The van der Waals surface area contributed by atoms with Gasteiger partial charge in [0.15, 0.2) is 0 Å². The largest absolute Gasteiger partial charge is 0.426 e. The number of carbonyl (C=O) groups excluding carboxylic acids is 4. The van der Waals surface area contributed by atoms with Crippen molar-refractivity contribution in [2.75, 3.05) is 16.3 Å². The highest BCUT2D eigenvalue weighted by Crippen LogP contribution is 2.41. The van der Waals surface area contributed by atoms with Crippen LogP contribution in [-0.4, -0.2) is 30.2 Å². The van der Waals surface area contributed by atoms with Crippen LogP contribution in [0, 0.1) is 30.6 Å². The molecular weight excluding hydrogens is 432 g/mol. The first-order valence-electron chi connectivity index (χ1n) is 11.6. The van der Waals surface area contributed by atoms with E-state index in [0.29, 0.717) is 12.1 Å². The predicted octanol–water partition coefficient (Wildman–Crippen LogP) is 3.66. The van der Waals surface area contributed by atoms with Gasteiger partial charge in [-0.3, -0.25) is 19.2 Å². The molecule has 34 heavy (non-hydrogen) atoms. The van der Waals surface area contributed by atoms with Crippen LogP contribution in [0.25, 0.3) is 0 Å². The molecule has 0 N–H and O–H groups in total. The minimum Gasteiger partial charge on any atom is -0.426 e. The molecule has 2 aromatic carbocycles. The van der Waals surface area contributed by atoms with Crippen LogP contribution in [0.1, 0.15) is 25.3 Å². The van der Waals surface area contributed by atoms with Crippen LogP contribution < -0.4 is 14.5 Å². The van der Waals surface area contributed by atoms with Gasteiger partial charge < -0.3 is 9.64 Å². The summed E-state index contributed by atoms with van der Waals surface area (Å²) in [6, 6.07) is 14.1. The number of imide groups is 1. The molecule has 0 unspecified atom stereocenters. The van der Waals surface area contributed by atoms with Crippen LogP contribution in [0.2, 0.25) is 0 Å². The zero-order valence-electron chi connectivity index (χ0n) is 19.1. The van der Waals surface area contributed by atoms with E-state index in [1.165, 1.54) is 11.0 Å². The minimum atomic E-state index is -0.596. The Hall–Kier alpha value is -3.74. The number of ether oxygens (including phenoxy) is 1. The van der Waals surface area contributed by atoms with Crippen molar-refractivity contribution < 1.29 is 23.9 Å². The summed E-state index contributed by atoms with van der Waals surface area (Å²) in [5.74, 6) is -2.14. The summed E-state index contributed by atoms with van der Waals surface area (Å²) in [7, 11) is 0. The van der Waals surface area contributed by atoms with E-state index in [0.717, 1.165) is 11.3 Å². The van der Waals surface area contributed by atoms with Crippen LogP contribution in [0.4, 0.5) is 11.4 Å². The number of esters is 1. The molecule has 2 heterocycles. The lowest BCUT2D eigenvalue weighted by Gasteiger charge is -2.22. The number of hydrogen-bond acceptors (Lipinski definition) is 5. The molecule has 7 nitrogen and oxygen atoms in total. The molecule has 0 radical (unpaired) electrons. The Balaban J connectivity index is 1.30. The van der Waals surface area contributed by atoms with Gasteiger partial charge in [0.2, 0.25) is 17.7 Å². The molecule has 174 valence electrons. The van der Waals surface area contributed by atoms with Gasteiger partial charge >= 0.3 is 5.97 Å². The Morgan fingerprint density at radius 2 is 1.76 bits per heavy atom. The van der Waals surface area contributed by atoms with Crippen LogP contribution in [0.15, 0.2) is 60.7 Å². The van der Waals surface area contributed by atoms with Crippen molar-refractivity contribution >= 4 is 35.1 Å². The Labute approximate surface area is 198 Å². The van der Waals surface area contributed by atoms with Gasteiger partial charge in [0, 0.05) is 24.7 Å². The normalized spacial score (nSPS) is 26.2. The summed E-state index contributed by atoms with van der Waals surface area (Å²) in [4.78, 5) is 54.3. The molecule has 2 aliphatic heterocycles. The highest BCUT2D eigenvalue weighted by atomic mass is 16.5. The van der Waals surface area contributed by atoms with Crippen LogP contribution >= 0.6 is 0 Å². The second kappa shape index (κ2) is 8.56. The number of aryl methyl sites for hydroxylation is 1. The summed E-state index contributed by atoms with van der Waals surface area (Å²) in [5.41, 5.74) is 2.19. The van der Waals surface area contributed by atoms with Gasteiger partial charge in [0.05, 0.1) is 23.4 Å². The maximum atomic E-state index is 13.1. The Morgan fingerprint density at radius 3 is 2.53 bits per heavy atom. The Kier molecular flexibility index (Phi) is 5.55. The number of amides is 3. The maximum absolute atomic E-state index is 13.1. The minimum absolute atomic E-state index is 0.00235. The number of allylic oxidation sites excluding steroid dienone is 2. The summed E-state index contributed by atoms with van der Waals surface area (Å²) < 4.78 is 5.59. The molecule has 1 aliphatic carbocycles. The standard InChI is InChI=1S/C27H26N2O5/c1-16-6-3-8-19(12-16)28-15-18(13-23(28)30)27(33)34-21-10-5-9-20(14-21)29-25(31)22-11-4-7-17(2)24(22)26(29)32/h3-10,12,14,17-18,22,24H,11,13,15H2,1-2H3/t17-,18-,22+,24-/m0/s1. The maximum Gasteiger partial charge on any atom is 0.316 e. The second-order valence-corrected chi connectivity index (χ2v) is 9.33.